The maximum atomic E-state index is 13.0. The van der Waals surface area contributed by atoms with Crippen LogP contribution in [0.5, 0.6) is 0 Å². The zero-order chi connectivity index (χ0) is 14.9. The number of imidazole rings is 1. The van der Waals surface area contributed by atoms with Crippen LogP contribution in [0, 0.1) is 12.3 Å². The predicted octanol–water partition coefficient (Wildman–Crippen LogP) is 1.75. The number of halogens is 2. The van der Waals surface area contributed by atoms with Crippen LogP contribution in [0.1, 0.15) is 28.4 Å². The Morgan fingerprint density at radius 1 is 1.60 bits per heavy atom. The molecule has 0 saturated carbocycles. The summed E-state index contributed by atoms with van der Waals surface area (Å²) in [4.78, 5) is 18.7. The number of rotatable bonds is 3. The molecule has 2 heterocycles. The van der Waals surface area contributed by atoms with Gasteiger partial charge in [0, 0.05) is 18.7 Å². The third-order valence-electron chi connectivity index (χ3n) is 3.02. The van der Waals surface area contributed by atoms with E-state index in [1.54, 1.807) is 6.92 Å². The van der Waals surface area contributed by atoms with Crippen LogP contribution in [0.15, 0.2) is 6.08 Å². The summed E-state index contributed by atoms with van der Waals surface area (Å²) in [5, 5.41) is 16.6. The third-order valence-corrected chi connectivity index (χ3v) is 3.02. The molecule has 0 amide bonds. The highest BCUT2D eigenvalue weighted by Gasteiger charge is 2.38. The van der Waals surface area contributed by atoms with Gasteiger partial charge in [0.1, 0.15) is 11.7 Å². The van der Waals surface area contributed by atoms with E-state index in [1.807, 2.05) is 0 Å². The van der Waals surface area contributed by atoms with Gasteiger partial charge in [-0.3, -0.25) is 5.41 Å². The van der Waals surface area contributed by atoms with Gasteiger partial charge in [0.05, 0.1) is 6.54 Å². The molecule has 8 heteroatoms. The summed E-state index contributed by atoms with van der Waals surface area (Å²) in [5.41, 5.74) is 0.306. The Kier molecular flexibility index (Phi) is 3.56. The number of aryl methyl sites for hydroxylation is 1. The number of nitrogens with zero attached hydrogens (tertiary/aromatic N) is 2. The van der Waals surface area contributed by atoms with Crippen molar-refractivity contribution in [3.63, 3.8) is 0 Å². The zero-order valence-electron chi connectivity index (χ0n) is 10.8. The fourth-order valence-corrected chi connectivity index (χ4v) is 1.98. The number of aromatic nitrogens is 2. The van der Waals surface area contributed by atoms with E-state index < -0.39 is 18.4 Å². The number of aromatic amines is 1. The van der Waals surface area contributed by atoms with Crippen molar-refractivity contribution in [2.75, 3.05) is 13.1 Å². The van der Waals surface area contributed by atoms with Crippen LogP contribution in [0.2, 0.25) is 0 Å². The van der Waals surface area contributed by atoms with Crippen LogP contribution in [-0.4, -0.2) is 50.8 Å². The fourth-order valence-electron chi connectivity index (χ4n) is 1.98. The second kappa shape index (κ2) is 5.03. The number of aromatic carboxylic acids is 1. The molecule has 6 nitrogen and oxygen atoms in total. The van der Waals surface area contributed by atoms with Crippen LogP contribution in [0.25, 0.3) is 6.08 Å². The lowest BCUT2D eigenvalue weighted by molar-refractivity contribution is 0.0175. The van der Waals surface area contributed by atoms with E-state index in [1.165, 1.54) is 17.1 Å². The molecule has 108 valence electrons. The Labute approximate surface area is 113 Å². The minimum absolute atomic E-state index is 0.0481. The molecule has 0 aromatic carbocycles. The lowest BCUT2D eigenvalue weighted by atomic mass is 10.3. The van der Waals surface area contributed by atoms with Crippen molar-refractivity contribution in [3.05, 3.63) is 23.3 Å². The van der Waals surface area contributed by atoms with Crippen molar-refractivity contribution < 1.29 is 18.7 Å². The number of carboxylic acids is 1. The van der Waals surface area contributed by atoms with Gasteiger partial charge in [0.15, 0.2) is 5.69 Å². The van der Waals surface area contributed by atoms with Gasteiger partial charge in [0.2, 0.25) is 0 Å². The molecule has 1 aliphatic heterocycles. The molecule has 1 aromatic heterocycles. The lowest BCUT2D eigenvalue weighted by Crippen LogP contribution is -2.29. The second-order valence-electron chi connectivity index (χ2n) is 4.65. The number of hydrogen-bond donors (Lipinski definition) is 3. The van der Waals surface area contributed by atoms with Gasteiger partial charge in [-0.1, -0.05) is 0 Å². The van der Waals surface area contributed by atoms with Crippen molar-refractivity contribution in [2.45, 2.75) is 19.3 Å². The maximum Gasteiger partial charge on any atom is 0.356 e. The Balaban J connectivity index is 2.04. The van der Waals surface area contributed by atoms with E-state index in [0.29, 0.717) is 5.69 Å². The Morgan fingerprint density at radius 3 is 2.80 bits per heavy atom. The summed E-state index contributed by atoms with van der Waals surface area (Å²) in [6.45, 7) is 1.24. The quantitative estimate of drug-likeness (QED) is 0.582. The smallest absolute Gasteiger partial charge is 0.356 e. The standard InChI is InChI=1S/C12H14F2N4O2/c1-7-10(11(19)20)17-9(16-7)3-2-8(15)18-5-4-12(13,14)6-18/h2-3,15H,4-6H2,1H3,(H,16,17)(H,19,20)/b3-2-,15-8?. The van der Waals surface area contributed by atoms with Crippen molar-refractivity contribution in [3.8, 4) is 0 Å². The average Bonchev–Trinajstić information content (AvgIpc) is 2.89. The Bertz CT molecular complexity index is 580. The first kappa shape index (κ1) is 14.2. The van der Waals surface area contributed by atoms with Crippen LogP contribution in [0.3, 0.4) is 0 Å². The topological polar surface area (TPSA) is 93.1 Å². The molecule has 0 bridgehead atoms. The molecule has 0 radical (unpaired) electrons. The number of amidine groups is 1. The molecule has 0 atom stereocenters. The number of H-pyrrole nitrogens is 1. The highest BCUT2D eigenvalue weighted by atomic mass is 19.3. The lowest BCUT2D eigenvalue weighted by Gasteiger charge is -2.15. The normalized spacial score (nSPS) is 17.9. The van der Waals surface area contributed by atoms with Gasteiger partial charge in [-0.05, 0) is 19.1 Å². The molecular weight excluding hydrogens is 270 g/mol. The highest BCUT2D eigenvalue weighted by Crippen LogP contribution is 2.26. The van der Waals surface area contributed by atoms with Gasteiger partial charge in [-0.25, -0.2) is 18.6 Å². The number of hydrogen-bond acceptors (Lipinski definition) is 3. The molecular formula is C12H14F2N4O2. The molecule has 0 spiro atoms. The summed E-state index contributed by atoms with van der Waals surface area (Å²) in [5.74, 6) is -3.67. The SMILES string of the molecule is Cc1[nH]c(/C=C\C(=N)N2CCC(F)(F)C2)nc1C(=O)O. The van der Waals surface area contributed by atoms with E-state index >= 15 is 0 Å². The molecule has 0 aliphatic carbocycles. The van der Waals surface area contributed by atoms with Crippen LogP contribution < -0.4 is 0 Å². The minimum atomic E-state index is -2.75. The zero-order valence-corrected chi connectivity index (χ0v) is 10.8. The van der Waals surface area contributed by atoms with E-state index in [4.69, 9.17) is 10.5 Å². The number of carboxylic acid groups (broad SMARTS) is 1. The molecule has 20 heavy (non-hydrogen) atoms. The van der Waals surface area contributed by atoms with Crippen molar-refractivity contribution in [1.82, 2.24) is 14.9 Å². The highest BCUT2D eigenvalue weighted by molar-refractivity contribution is 5.94. The first-order valence-electron chi connectivity index (χ1n) is 5.98. The fraction of sp³-hybridized carbons (Fsp3) is 0.417. The summed E-state index contributed by atoms with van der Waals surface area (Å²) >= 11 is 0. The van der Waals surface area contributed by atoms with Crippen LogP contribution in [0.4, 0.5) is 8.78 Å². The van der Waals surface area contributed by atoms with Gasteiger partial charge in [-0.15, -0.1) is 0 Å². The number of nitrogens with one attached hydrogen (secondary N) is 2. The predicted molar refractivity (Wildman–Crippen MR) is 68.2 cm³/mol. The summed E-state index contributed by atoms with van der Waals surface area (Å²) < 4.78 is 26.0. The molecule has 1 aliphatic rings. The van der Waals surface area contributed by atoms with Crippen molar-refractivity contribution in [1.29, 1.82) is 5.41 Å². The molecule has 1 saturated heterocycles. The van der Waals surface area contributed by atoms with Gasteiger partial charge < -0.3 is 15.0 Å². The third kappa shape index (κ3) is 3.01. The minimum Gasteiger partial charge on any atom is -0.476 e. The molecule has 3 N–H and O–H groups in total. The largest absolute Gasteiger partial charge is 0.476 e. The number of alkyl halides is 2. The van der Waals surface area contributed by atoms with E-state index in [2.05, 4.69) is 9.97 Å². The molecule has 0 unspecified atom stereocenters. The molecule has 2 rings (SSSR count). The van der Waals surface area contributed by atoms with E-state index in [9.17, 15) is 13.6 Å². The summed E-state index contributed by atoms with van der Waals surface area (Å²) in [6.07, 6.45) is 2.47. The van der Waals surface area contributed by atoms with Gasteiger partial charge in [-0.2, -0.15) is 0 Å². The monoisotopic (exact) mass is 284 g/mol. The first-order chi connectivity index (χ1) is 9.28. The van der Waals surface area contributed by atoms with Gasteiger partial charge in [0.25, 0.3) is 5.92 Å². The Morgan fingerprint density at radius 2 is 2.30 bits per heavy atom. The molecule has 1 fully saturated rings. The summed E-state index contributed by atoms with van der Waals surface area (Å²) in [7, 11) is 0. The number of carbonyl (C=O) groups is 1. The van der Waals surface area contributed by atoms with E-state index in [-0.39, 0.29) is 30.3 Å². The van der Waals surface area contributed by atoms with Crippen LogP contribution >= 0.6 is 0 Å². The summed E-state index contributed by atoms with van der Waals surface area (Å²) in [6, 6.07) is 0. The molecule has 1 aromatic rings. The average molecular weight is 284 g/mol. The Hall–Kier alpha value is -2.25. The first-order valence-corrected chi connectivity index (χ1v) is 5.98. The second-order valence-corrected chi connectivity index (χ2v) is 4.65. The number of likely N-dealkylation sites (tertiary alicyclic amines) is 1. The van der Waals surface area contributed by atoms with Crippen molar-refractivity contribution in [2.24, 2.45) is 0 Å². The van der Waals surface area contributed by atoms with E-state index in [0.717, 1.165) is 0 Å². The van der Waals surface area contributed by atoms with Gasteiger partial charge >= 0.3 is 5.97 Å². The van der Waals surface area contributed by atoms with Crippen LogP contribution in [-0.2, 0) is 0 Å². The maximum absolute atomic E-state index is 13.0. The van der Waals surface area contributed by atoms with Crippen molar-refractivity contribution >= 4 is 17.9 Å².